The summed E-state index contributed by atoms with van der Waals surface area (Å²) in [6.07, 6.45) is 1.70. The molecule has 1 fully saturated rings. The normalized spacial score (nSPS) is 25.2. The third-order valence-corrected chi connectivity index (χ3v) is 4.59. The first-order chi connectivity index (χ1) is 10.1. The molecule has 1 saturated heterocycles. The largest absolute Gasteiger partial charge is 0.396 e. The fourth-order valence-corrected chi connectivity index (χ4v) is 2.89. The lowest BCUT2D eigenvalue weighted by atomic mass is 9.82. The highest BCUT2D eigenvalue weighted by Gasteiger charge is 2.41. The van der Waals surface area contributed by atoms with Crippen LogP contribution in [0.25, 0.3) is 11.0 Å². The molecule has 0 radical (unpaired) electrons. The van der Waals surface area contributed by atoms with Crippen LogP contribution in [-0.4, -0.2) is 34.8 Å². The number of aliphatic hydroxyl groups is 1. The third-order valence-electron chi connectivity index (χ3n) is 4.59. The van der Waals surface area contributed by atoms with Crippen molar-refractivity contribution in [2.24, 2.45) is 11.3 Å². The van der Waals surface area contributed by atoms with Crippen LogP contribution in [0, 0.1) is 22.7 Å². The molecule has 2 unspecified atom stereocenters. The van der Waals surface area contributed by atoms with Crippen molar-refractivity contribution in [1.29, 1.82) is 5.26 Å². The van der Waals surface area contributed by atoms with Gasteiger partial charge in [0.1, 0.15) is 11.9 Å². The number of pyridine rings is 2. The lowest BCUT2D eigenvalue weighted by Gasteiger charge is -2.25. The van der Waals surface area contributed by atoms with Crippen LogP contribution in [0.15, 0.2) is 24.4 Å². The van der Waals surface area contributed by atoms with E-state index in [4.69, 9.17) is 0 Å². The molecule has 0 saturated carbocycles. The molecule has 0 aromatic carbocycles. The van der Waals surface area contributed by atoms with Gasteiger partial charge in [-0.05, 0) is 24.1 Å². The molecule has 1 N–H and O–H groups in total. The quantitative estimate of drug-likeness (QED) is 0.911. The second-order valence-electron chi connectivity index (χ2n) is 6.12. The second-order valence-corrected chi connectivity index (χ2v) is 6.12. The van der Waals surface area contributed by atoms with Gasteiger partial charge in [-0.2, -0.15) is 5.26 Å². The van der Waals surface area contributed by atoms with Gasteiger partial charge in [-0.1, -0.05) is 13.8 Å². The number of aliphatic hydroxyl groups excluding tert-OH is 1. The van der Waals surface area contributed by atoms with Crippen molar-refractivity contribution in [2.75, 3.05) is 24.6 Å². The Balaban J connectivity index is 2.07. The highest BCUT2D eigenvalue weighted by molar-refractivity contribution is 5.79. The van der Waals surface area contributed by atoms with Crippen LogP contribution < -0.4 is 4.90 Å². The van der Waals surface area contributed by atoms with E-state index in [1.165, 1.54) is 0 Å². The summed E-state index contributed by atoms with van der Waals surface area (Å²) < 4.78 is 0. The Morgan fingerprint density at radius 2 is 2.38 bits per heavy atom. The van der Waals surface area contributed by atoms with E-state index in [0.717, 1.165) is 11.9 Å². The standard InChI is InChI=1S/C16H18N4O/c1-11-8-20(9-16(11,2)10-21)15-13(7-17)6-12-4-3-5-18-14(12)19-15/h3-6,11,21H,8-10H2,1-2H3. The maximum atomic E-state index is 9.63. The van der Waals surface area contributed by atoms with Gasteiger partial charge in [0.15, 0.2) is 5.65 Å². The van der Waals surface area contributed by atoms with Gasteiger partial charge < -0.3 is 10.0 Å². The molecule has 0 amide bonds. The summed E-state index contributed by atoms with van der Waals surface area (Å²) in [5.41, 5.74) is 1.05. The maximum absolute atomic E-state index is 9.63. The van der Waals surface area contributed by atoms with E-state index in [9.17, 15) is 10.4 Å². The summed E-state index contributed by atoms with van der Waals surface area (Å²) in [7, 11) is 0. The summed E-state index contributed by atoms with van der Waals surface area (Å²) in [5, 5.41) is 19.9. The summed E-state index contributed by atoms with van der Waals surface area (Å²) >= 11 is 0. The van der Waals surface area contributed by atoms with E-state index in [-0.39, 0.29) is 12.0 Å². The third kappa shape index (κ3) is 2.22. The van der Waals surface area contributed by atoms with Crippen LogP contribution in [0.2, 0.25) is 0 Å². The molecule has 108 valence electrons. The fraction of sp³-hybridized carbons (Fsp3) is 0.438. The van der Waals surface area contributed by atoms with Crippen molar-refractivity contribution in [3.8, 4) is 6.07 Å². The van der Waals surface area contributed by atoms with Crippen molar-refractivity contribution in [2.45, 2.75) is 13.8 Å². The first-order valence-electron chi connectivity index (χ1n) is 7.09. The van der Waals surface area contributed by atoms with Crippen molar-refractivity contribution in [1.82, 2.24) is 9.97 Å². The zero-order chi connectivity index (χ0) is 15.0. The lowest BCUT2D eigenvalue weighted by Crippen LogP contribution is -2.30. The van der Waals surface area contributed by atoms with Gasteiger partial charge in [0.05, 0.1) is 12.2 Å². The Hall–Kier alpha value is -2.19. The van der Waals surface area contributed by atoms with E-state index >= 15 is 0 Å². The number of nitriles is 1. The Bertz CT molecular complexity index is 724. The van der Waals surface area contributed by atoms with E-state index < -0.39 is 0 Å². The number of hydrogen-bond acceptors (Lipinski definition) is 5. The minimum Gasteiger partial charge on any atom is -0.396 e. The molecule has 2 aromatic rings. The van der Waals surface area contributed by atoms with Crippen LogP contribution >= 0.6 is 0 Å². The van der Waals surface area contributed by atoms with Crippen LogP contribution in [0.1, 0.15) is 19.4 Å². The van der Waals surface area contributed by atoms with E-state index in [0.29, 0.717) is 29.5 Å². The van der Waals surface area contributed by atoms with Gasteiger partial charge in [0, 0.05) is 30.1 Å². The summed E-state index contributed by atoms with van der Waals surface area (Å²) in [4.78, 5) is 10.9. The highest BCUT2D eigenvalue weighted by atomic mass is 16.3. The van der Waals surface area contributed by atoms with Crippen LogP contribution in [0.4, 0.5) is 5.82 Å². The summed E-state index contributed by atoms with van der Waals surface area (Å²) in [5.74, 6) is 1.02. The maximum Gasteiger partial charge on any atom is 0.161 e. The molecule has 1 aliphatic heterocycles. The first-order valence-corrected chi connectivity index (χ1v) is 7.09. The SMILES string of the molecule is CC1CN(c2nc3ncccc3cc2C#N)CC1(C)CO. The van der Waals surface area contributed by atoms with Gasteiger partial charge in [-0.3, -0.25) is 0 Å². The predicted molar refractivity (Wildman–Crippen MR) is 80.8 cm³/mol. The molecule has 0 bridgehead atoms. The monoisotopic (exact) mass is 282 g/mol. The minimum atomic E-state index is -0.159. The average Bonchev–Trinajstić information content (AvgIpc) is 2.82. The molecule has 21 heavy (non-hydrogen) atoms. The van der Waals surface area contributed by atoms with Gasteiger partial charge in [-0.25, -0.2) is 9.97 Å². The molecule has 0 aliphatic carbocycles. The summed E-state index contributed by atoms with van der Waals surface area (Å²) in [6.45, 7) is 5.82. The van der Waals surface area contributed by atoms with Crippen molar-refractivity contribution in [3.63, 3.8) is 0 Å². The number of rotatable bonds is 2. The molecule has 3 heterocycles. The molecule has 2 atom stereocenters. The lowest BCUT2D eigenvalue weighted by molar-refractivity contribution is 0.125. The zero-order valence-electron chi connectivity index (χ0n) is 12.2. The fourth-order valence-electron chi connectivity index (χ4n) is 2.89. The van der Waals surface area contributed by atoms with Crippen molar-refractivity contribution < 1.29 is 5.11 Å². The topological polar surface area (TPSA) is 73.0 Å². The second kappa shape index (κ2) is 4.97. The Morgan fingerprint density at radius 3 is 3.05 bits per heavy atom. The van der Waals surface area contributed by atoms with Crippen molar-refractivity contribution in [3.05, 3.63) is 30.0 Å². The number of fused-ring (bicyclic) bond motifs is 1. The summed E-state index contributed by atoms with van der Waals surface area (Å²) in [6, 6.07) is 7.81. The smallest absolute Gasteiger partial charge is 0.161 e. The number of anilines is 1. The predicted octanol–water partition coefficient (Wildman–Crippen LogP) is 1.96. The van der Waals surface area contributed by atoms with Crippen LogP contribution in [0.5, 0.6) is 0 Å². The number of nitrogens with zero attached hydrogens (tertiary/aromatic N) is 4. The Kier molecular flexibility index (Phi) is 3.26. The molecular formula is C16H18N4O. The van der Waals surface area contributed by atoms with Crippen molar-refractivity contribution >= 4 is 16.9 Å². The number of aromatic nitrogens is 2. The van der Waals surface area contributed by atoms with Crippen LogP contribution in [0.3, 0.4) is 0 Å². The highest BCUT2D eigenvalue weighted by Crippen LogP contribution is 2.38. The zero-order valence-corrected chi connectivity index (χ0v) is 12.2. The molecule has 5 nitrogen and oxygen atoms in total. The molecular weight excluding hydrogens is 264 g/mol. The van der Waals surface area contributed by atoms with E-state index in [1.807, 2.05) is 18.2 Å². The Morgan fingerprint density at radius 1 is 1.57 bits per heavy atom. The molecule has 0 spiro atoms. The Labute approximate surface area is 123 Å². The first kappa shape index (κ1) is 13.8. The molecule has 2 aromatic heterocycles. The average molecular weight is 282 g/mol. The minimum absolute atomic E-state index is 0.137. The van der Waals surface area contributed by atoms with Gasteiger partial charge in [0.25, 0.3) is 0 Å². The molecule has 1 aliphatic rings. The van der Waals surface area contributed by atoms with Gasteiger partial charge >= 0.3 is 0 Å². The number of hydrogen-bond donors (Lipinski definition) is 1. The van der Waals surface area contributed by atoms with E-state index in [2.05, 4.69) is 34.8 Å². The molecule has 5 heteroatoms. The van der Waals surface area contributed by atoms with Gasteiger partial charge in [0.2, 0.25) is 0 Å². The van der Waals surface area contributed by atoms with Crippen LogP contribution in [-0.2, 0) is 0 Å². The molecule has 3 rings (SSSR count). The van der Waals surface area contributed by atoms with Gasteiger partial charge in [-0.15, -0.1) is 0 Å². The van der Waals surface area contributed by atoms with E-state index in [1.54, 1.807) is 6.20 Å².